The summed E-state index contributed by atoms with van der Waals surface area (Å²) < 4.78 is 10.7. The molecule has 1 aliphatic rings. The highest BCUT2D eigenvalue weighted by Crippen LogP contribution is 2.31. The lowest BCUT2D eigenvalue weighted by Gasteiger charge is -2.20. The van der Waals surface area contributed by atoms with E-state index >= 15 is 0 Å². The molecule has 1 fully saturated rings. The van der Waals surface area contributed by atoms with Gasteiger partial charge in [0.05, 0.1) is 13.2 Å². The van der Waals surface area contributed by atoms with Crippen LogP contribution >= 0.6 is 0 Å². The first-order valence-corrected chi connectivity index (χ1v) is 6.73. The molecular formula is C13H22N4O2. The molecule has 1 aromatic rings. The molecule has 19 heavy (non-hydrogen) atoms. The van der Waals surface area contributed by atoms with Gasteiger partial charge in [0.1, 0.15) is 12.0 Å². The Labute approximate surface area is 113 Å². The van der Waals surface area contributed by atoms with Gasteiger partial charge in [-0.1, -0.05) is 6.92 Å². The van der Waals surface area contributed by atoms with Crippen molar-refractivity contribution in [1.29, 1.82) is 0 Å². The van der Waals surface area contributed by atoms with E-state index < -0.39 is 0 Å². The molecule has 0 aromatic carbocycles. The first-order valence-electron chi connectivity index (χ1n) is 6.73. The van der Waals surface area contributed by atoms with Crippen molar-refractivity contribution >= 4 is 11.5 Å². The van der Waals surface area contributed by atoms with Crippen molar-refractivity contribution in [2.45, 2.75) is 19.8 Å². The monoisotopic (exact) mass is 266 g/mol. The van der Waals surface area contributed by atoms with Gasteiger partial charge in [0.25, 0.3) is 0 Å². The van der Waals surface area contributed by atoms with Gasteiger partial charge >= 0.3 is 0 Å². The van der Waals surface area contributed by atoms with Crippen LogP contribution in [0.25, 0.3) is 0 Å². The van der Waals surface area contributed by atoms with Crippen LogP contribution in [-0.2, 0) is 4.74 Å². The lowest BCUT2D eigenvalue weighted by Crippen LogP contribution is -2.23. The maximum Gasteiger partial charge on any atom is 0.242 e. The molecule has 0 aliphatic carbocycles. The van der Waals surface area contributed by atoms with Crippen molar-refractivity contribution in [2.75, 3.05) is 44.0 Å². The molecule has 1 aromatic heterocycles. The summed E-state index contributed by atoms with van der Waals surface area (Å²) in [4.78, 5) is 10.6. The van der Waals surface area contributed by atoms with Gasteiger partial charge in [0.15, 0.2) is 5.82 Å². The van der Waals surface area contributed by atoms with Crippen molar-refractivity contribution < 1.29 is 9.47 Å². The summed E-state index contributed by atoms with van der Waals surface area (Å²) in [5.74, 6) is 1.81. The lowest BCUT2D eigenvalue weighted by atomic mass is 10.1. The lowest BCUT2D eigenvalue weighted by molar-refractivity contribution is 0.161. The Kier molecular flexibility index (Phi) is 4.79. The number of rotatable bonds is 6. The number of nitrogens with zero attached hydrogens (tertiary/aromatic N) is 3. The van der Waals surface area contributed by atoms with Crippen LogP contribution in [0.3, 0.4) is 0 Å². The van der Waals surface area contributed by atoms with E-state index in [1.165, 1.54) is 6.33 Å². The summed E-state index contributed by atoms with van der Waals surface area (Å²) in [5, 5.41) is 0. The van der Waals surface area contributed by atoms with E-state index in [0.29, 0.717) is 24.1 Å². The summed E-state index contributed by atoms with van der Waals surface area (Å²) >= 11 is 0. The SMILES string of the molecule is CCCOc1ncnc(N2CCC(COC)C2)c1N. The zero-order valence-corrected chi connectivity index (χ0v) is 11.6. The number of nitrogens with two attached hydrogens (primary N) is 1. The maximum atomic E-state index is 6.10. The van der Waals surface area contributed by atoms with E-state index in [4.69, 9.17) is 15.2 Å². The summed E-state index contributed by atoms with van der Waals surface area (Å²) in [6, 6.07) is 0. The van der Waals surface area contributed by atoms with Crippen LogP contribution in [-0.4, -0.2) is 43.4 Å². The van der Waals surface area contributed by atoms with Crippen molar-refractivity contribution in [3.63, 3.8) is 0 Å². The third-order valence-corrected chi connectivity index (χ3v) is 3.26. The predicted molar refractivity (Wildman–Crippen MR) is 74.4 cm³/mol. The largest absolute Gasteiger partial charge is 0.476 e. The fourth-order valence-electron chi connectivity index (χ4n) is 2.33. The third kappa shape index (κ3) is 3.26. The highest BCUT2D eigenvalue weighted by Gasteiger charge is 2.25. The Morgan fingerprint density at radius 1 is 1.47 bits per heavy atom. The second-order valence-corrected chi connectivity index (χ2v) is 4.82. The summed E-state index contributed by atoms with van der Waals surface area (Å²) in [7, 11) is 1.73. The standard InChI is InChI=1S/C13H22N4O2/c1-3-6-19-13-11(14)12(15-9-16-13)17-5-4-10(7-17)8-18-2/h9-10H,3-8,14H2,1-2H3. The van der Waals surface area contributed by atoms with Crippen molar-refractivity contribution in [3.8, 4) is 5.88 Å². The van der Waals surface area contributed by atoms with Crippen LogP contribution in [0, 0.1) is 5.92 Å². The molecule has 0 radical (unpaired) electrons. The molecule has 1 unspecified atom stereocenters. The van der Waals surface area contributed by atoms with Crippen molar-refractivity contribution in [3.05, 3.63) is 6.33 Å². The highest BCUT2D eigenvalue weighted by atomic mass is 16.5. The van der Waals surface area contributed by atoms with Crippen molar-refractivity contribution in [1.82, 2.24) is 9.97 Å². The molecule has 0 saturated carbocycles. The zero-order chi connectivity index (χ0) is 13.7. The number of hydrogen-bond donors (Lipinski definition) is 1. The van der Waals surface area contributed by atoms with Crippen LogP contribution in [0.4, 0.5) is 11.5 Å². The number of ether oxygens (including phenoxy) is 2. The molecular weight excluding hydrogens is 244 g/mol. The van der Waals surface area contributed by atoms with Gasteiger partial charge in [-0.3, -0.25) is 0 Å². The fourth-order valence-corrected chi connectivity index (χ4v) is 2.33. The van der Waals surface area contributed by atoms with Gasteiger partial charge < -0.3 is 20.1 Å². The van der Waals surface area contributed by atoms with E-state index in [9.17, 15) is 0 Å². The van der Waals surface area contributed by atoms with Gasteiger partial charge in [-0.2, -0.15) is 4.98 Å². The highest BCUT2D eigenvalue weighted by molar-refractivity contribution is 5.68. The van der Waals surface area contributed by atoms with E-state index in [2.05, 4.69) is 14.9 Å². The molecule has 0 spiro atoms. The Bertz CT molecular complexity index is 414. The number of hydrogen-bond acceptors (Lipinski definition) is 6. The summed E-state index contributed by atoms with van der Waals surface area (Å²) in [6.45, 7) is 5.31. The van der Waals surface area contributed by atoms with Gasteiger partial charge in [-0.05, 0) is 12.8 Å². The average Bonchev–Trinajstić information content (AvgIpc) is 2.86. The van der Waals surface area contributed by atoms with Crippen molar-refractivity contribution in [2.24, 2.45) is 5.92 Å². The Morgan fingerprint density at radius 2 is 2.32 bits per heavy atom. The minimum Gasteiger partial charge on any atom is -0.476 e. The predicted octanol–water partition coefficient (Wildman–Crippen LogP) is 1.32. The van der Waals surface area contributed by atoms with Gasteiger partial charge in [-0.25, -0.2) is 4.98 Å². The van der Waals surface area contributed by atoms with E-state index in [1.807, 2.05) is 6.92 Å². The molecule has 1 atom stereocenters. The van der Waals surface area contributed by atoms with E-state index in [-0.39, 0.29) is 0 Å². The Hall–Kier alpha value is -1.56. The van der Waals surface area contributed by atoms with E-state index in [1.54, 1.807) is 7.11 Å². The Morgan fingerprint density at radius 3 is 3.05 bits per heavy atom. The van der Waals surface area contributed by atoms with Gasteiger partial charge in [0.2, 0.25) is 5.88 Å². The number of anilines is 2. The first kappa shape index (κ1) is 13.9. The minimum atomic E-state index is 0.488. The molecule has 1 aliphatic heterocycles. The molecule has 6 nitrogen and oxygen atoms in total. The minimum absolute atomic E-state index is 0.488. The number of methoxy groups -OCH3 is 1. The smallest absolute Gasteiger partial charge is 0.242 e. The molecule has 1 saturated heterocycles. The first-order chi connectivity index (χ1) is 9.26. The molecule has 2 N–H and O–H groups in total. The molecule has 0 amide bonds. The van der Waals surface area contributed by atoms with Crippen LogP contribution in [0.1, 0.15) is 19.8 Å². The summed E-state index contributed by atoms with van der Waals surface area (Å²) in [5.41, 5.74) is 6.64. The van der Waals surface area contributed by atoms with Crippen LogP contribution in [0.2, 0.25) is 0 Å². The van der Waals surface area contributed by atoms with Gasteiger partial charge in [-0.15, -0.1) is 0 Å². The topological polar surface area (TPSA) is 73.5 Å². The zero-order valence-electron chi connectivity index (χ0n) is 11.6. The molecule has 2 heterocycles. The summed E-state index contributed by atoms with van der Waals surface area (Å²) in [6.07, 6.45) is 3.54. The fraction of sp³-hybridized carbons (Fsp3) is 0.692. The second-order valence-electron chi connectivity index (χ2n) is 4.82. The Balaban J connectivity index is 2.08. The average molecular weight is 266 g/mol. The number of nitrogen functional groups attached to an aromatic ring is 1. The maximum absolute atomic E-state index is 6.10. The molecule has 6 heteroatoms. The third-order valence-electron chi connectivity index (χ3n) is 3.26. The number of aromatic nitrogens is 2. The van der Waals surface area contributed by atoms with Crippen LogP contribution in [0.5, 0.6) is 5.88 Å². The van der Waals surface area contributed by atoms with Crippen LogP contribution in [0.15, 0.2) is 6.33 Å². The van der Waals surface area contributed by atoms with Gasteiger partial charge in [0, 0.05) is 26.1 Å². The molecule has 106 valence electrons. The quantitative estimate of drug-likeness (QED) is 0.837. The normalized spacial score (nSPS) is 18.8. The van der Waals surface area contributed by atoms with Crippen LogP contribution < -0.4 is 15.4 Å². The second kappa shape index (κ2) is 6.56. The molecule has 2 rings (SSSR count). The molecule has 0 bridgehead atoms. The van der Waals surface area contributed by atoms with E-state index in [0.717, 1.165) is 38.4 Å².